The van der Waals surface area contributed by atoms with E-state index in [2.05, 4.69) is 9.97 Å². The van der Waals surface area contributed by atoms with Gasteiger partial charge in [0.2, 0.25) is 11.8 Å². The first-order valence-electron chi connectivity index (χ1n) is 5.69. The van der Waals surface area contributed by atoms with Crippen LogP contribution in [0, 0.1) is 5.92 Å². The number of primary amides is 1. The summed E-state index contributed by atoms with van der Waals surface area (Å²) >= 11 is 0. The van der Waals surface area contributed by atoms with Crippen LogP contribution >= 0.6 is 0 Å². The molecule has 17 heavy (non-hydrogen) atoms. The van der Waals surface area contributed by atoms with Crippen LogP contribution in [-0.2, 0) is 4.79 Å². The van der Waals surface area contributed by atoms with Crippen LogP contribution in [0.4, 0.5) is 5.82 Å². The van der Waals surface area contributed by atoms with Crippen molar-refractivity contribution in [2.75, 3.05) is 24.6 Å². The number of hydrogen-bond acceptors (Lipinski definition) is 5. The maximum Gasteiger partial charge on any atom is 0.222 e. The molecule has 6 nitrogen and oxygen atoms in total. The molecule has 1 aromatic heterocycles. The van der Waals surface area contributed by atoms with E-state index < -0.39 is 0 Å². The number of rotatable bonds is 4. The van der Waals surface area contributed by atoms with Gasteiger partial charge in [0, 0.05) is 19.2 Å². The van der Waals surface area contributed by atoms with Crippen LogP contribution in [0.2, 0.25) is 0 Å². The van der Waals surface area contributed by atoms with Crippen molar-refractivity contribution in [3.63, 3.8) is 0 Å². The highest BCUT2D eigenvalue weighted by molar-refractivity contribution is 5.78. The number of ether oxygens (including phenoxy) is 1. The molecule has 92 valence electrons. The quantitative estimate of drug-likeness (QED) is 0.806. The minimum Gasteiger partial charge on any atom is -0.478 e. The molecule has 0 radical (unpaired) electrons. The van der Waals surface area contributed by atoms with Gasteiger partial charge in [-0.25, -0.2) is 9.97 Å². The summed E-state index contributed by atoms with van der Waals surface area (Å²) in [5, 5.41) is 0. The fourth-order valence-electron chi connectivity index (χ4n) is 1.93. The van der Waals surface area contributed by atoms with Crippen molar-refractivity contribution in [2.24, 2.45) is 11.7 Å². The molecule has 1 atom stereocenters. The van der Waals surface area contributed by atoms with Crippen LogP contribution in [-0.4, -0.2) is 35.6 Å². The lowest BCUT2D eigenvalue weighted by Crippen LogP contribution is -2.27. The lowest BCUT2D eigenvalue weighted by molar-refractivity contribution is -0.121. The molecule has 0 bridgehead atoms. The number of nitrogens with zero attached hydrogens (tertiary/aromatic N) is 3. The SMILES string of the molecule is CCOc1cc(N2CC[C@H](C(N)=O)C2)ncn1. The average molecular weight is 236 g/mol. The van der Waals surface area contributed by atoms with E-state index in [1.807, 2.05) is 11.8 Å². The fraction of sp³-hybridized carbons (Fsp3) is 0.545. The van der Waals surface area contributed by atoms with Crippen molar-refractivity contribution in [3.8, 4) is 5.88 Å². The molecule has 2 N–H and O–H groups in total. The van der Waals surface area contributed by atoms with E-state index in [-0.39, 0.29) is 11.8 Å². The minimum absolute atomic E-state index is 0.0829. The third-order valence-electron chi connectivity index (χ3n) is 2.83. The van der Waals surface area contributed by atoms with Gasteiger partial charge in [-0.05, 0) is 13.3 Å². The van der Waals surface area contributed by atoms with Gasteiger partial charge < -0.3 is 15.4 Å². The summed E-state index contributed by atoms with van der Waals surface area (Å²) in [6.45, 7) is 3.88. The predicted octanol–water partition coefficient (Wildman–Crippen LogP) is 0.187. The van der Waals surface area contributed by atoms with Gasteiger partial charge in [-0.3, -0.25) is 4.79 Å². The van der Waals surface area contributed by atoms with Gasteiger partial charge in [-0.1, -0.05) is 0 Å². The number of hydrogen-bond donors (Lipinski definition) is 1. The van der Waals surface area contributed by atoms with Crippen molar-refractivity contribution in [1.82, 2.24) is 9.97 Å². The molecular weight excluding hydrogens is 220 g/mol. The Balaban J connectivity index is 2.08. The van der Waals surface area contributed by atoms with E-state index in [1.54, 1.807) is 6.07 Å². The fourth-order valence-corrected chi connectivity index (χ4v) is 1.93. The van der Waals surface area contributed by atoms with Gasteiger partial charge in [0.1, 0.15) is 12.1 Å². The van der Waals surface area contributed by atoms with Crippen LogP contribution in [0.5, 0.6) is 5.88 Å². The zero-order valence-corrected chi connectivity index (χ0v) is 9.80. The maximum absolute atomic E-state index is 11.1. The van der Waals surface area contributed by atoms with E-state index in [4.69, 9.17) is 10.5 Å². The van der Waals surface area contributed by atoms with Gasteiger partial charge in [-0.2, -0.15) is 0 Å². The average Bonchev–Trinajstić information content (AvgIpc) is 2.79. The molecule has 0 aromatic carbocycles. The molecule has 1 fully saturated rings. The molecule has 2 heterocycles. The van der Waals surface area contributed by atoms with Crippen molar-refractivity contribution >= 4 is 11.7 Å². The molecule has 0 aliphatic carbocycles. The van der Waals surface area contributed by atoms with Crippen LogP contribution in [0.15, 0.2) is 12.4 Å². The zero-order valence-electron chi connectivity index (χ0n) is 9.80. The molecular formula is C11H16N4O2. The second-order valence-electron chi connectivity index (χ2n) is 3.98. The summed E-state index contributed by atoms with van der Waals surface area (Å²) in [7, 11) is 0. The Morgan fingerprint density at radius 3 is 3.12 bits per heavy atom. The van der Waals surface area contributed by atoms with Gasteiger partial charge in [0.15, 0.2) is 0 Å². The Kier molecular flexibility index (Phi) is 3.41. The summed E-state index contributed by atoms with van der Waals surface area (Å²) < 4.78 is 5.31. The normalized spacial score (nSPS) is 19.4. The Labute approximate surface area is 99.8 Å². The molecule has 0 saturated carbocycles. The second kappa shape index (κ2) is 4.99. The Morgan fingerprint density at radius 2 is 2.47 bits per heavy atom. The van der Waals surface area contributed by atoms with Crippen molar-refractivity contribution in [3.05, 3.63) is 12.4 Å². The van der Waals surface area contributed by atoms with Crippen molar-refractivity contribution < 1.29 is 9.53 Å². The lowest BCUT2D eigenvalue weighted by atomic mass is 10.1. The molecule has 0 unspecified atom stereocenters. The maximum atomic E-state index is 11.1. The molecule has 1 amide bonds. The largest absolute Gasteiger partial charge is 0.478 e. The number of nitrogens with two attached hydrogens (primary N) is 1. The van der Waals surface area contributed by atoms with E-state index in [9.17, 15) is 4.79 Å². The molecule has 1 aromatic rings. The monoisotopic (exact) mass is 236 g/mol. The van der Waals surface area contributed by atoms with Crippen LogP contribution < -0.4 is 15.4 Å². The van der Waals surface area contributed by atoms with Crippen LogP contribution in [0.1, 0.15) is 13.3 Å². The molecule has 1 aliphatic rings. The van der Waals surface area contributed by atoms with Crippen molar-refractivity contribution in [1.29, 1.82) is 0 Å². The third kappa shape index (κ3) is 2.64. The topological polar surface area (TPSA) is 81.3 Å². The lowest BCUT2D eigenvalue weighted by Gasteiger charge is -2.17. The first-order valence-corrected chi connectivity index (χ1v) is 5.69. The predicted molar refractivity (Wildman–Crippen MR) is 62.7 cm³/mol. The van der Waals surface area contributed by atoms with E-state index in [0.29, 0.717) is 19.0 Å². The van der Waals surface area contributed by atoms with Crippen molar-refractivity contribution in [2.45, 2.75) is 13.3 Å². The zero-order chi connectivity index (χ0) is 12.3. The summed E-state index contributed by atoms with van der Waals surface area (Å²) in [5.41, 5.74) is 5.29. The van der Waals surface area contributed by atoms with E-state index in [0.717, 1.165) is 18.8 Å². The third-order valence-corrected chi connectivity index (χ3v) is 2.83. The Morgan fingerprint density at radius 1 is 1.65 bits per heavy atom. The summed E-state index contributed by atoms with van der Waals surface area (Å²) in [5.74, 6) is 1.01. The van der Waals surface area contributed by atoms with E-state index in [1.165, 1.54) is 6.33 Å². The van der Waals surface area contributed by atoms with Crippen LogP contribution in [0.25, 0.3) is 0 Å². The molecule has 1 aliphatic heterocycles. The number of aromatic nitrogens is 2. The minimum atomic E-state index is -0.244. The summed E-state index contributed by atoms with van der Waals surface area (Å²) in [6.07, 6.45) is 2.25. The highest BCUT2D eigenvalue weighted by atomic mass is 16.5. The van der Waals surface area contributed by atoms with Gasteiger partial charge in [0.25, 0.3) is 0 Å². The first-order chi connectivity index (χ1) is 8.20. The number of amides is 1. The van der Waals surface area contributed by atoms with E-state index >= 15 is 0 Å². The standard InChI is InChI=1S/C11H16N4O2/c1-2-17-10-5-9(13-7-14-10)15-4-3-8(6-15)11(12)16/h5,7-8H,2-4,6H2,1H3,(H2,12,16)/t8-/m0/s1. The van der Waals surface area contributed by atoms with Gasteiger partial charge >= 0.3 is 0 Å². The highest BCUT2D eigenvalue weighted by Crippen LogP contribution is 2.23. The van der Waals surface area contributed by atoms with Gasteiger partial charge in [0.05, 0.1) is 12.5 Å². The molecule has 6 heteroatoms. The number of anilines is 1. The Hall–Kier alpha value is -1.85. The number of carbonyl (C=O) groups is 1. The molecule has 1 saturated heterocycles. The molecule has 2 rings (SSSR count). The Bertz CT molecular complexity index is 410. The smallest absolute Gasteiger partial charge is 0.222 e. The first kappa shape index (κ1) is 11.6. The van der Waals surface area contributed by atoms with Gasteiger partial charge in [-0.15, -0.1) is 0 Å². The molecule has 0 spiro atoms. The summed E-state index contributed by atoms with van der Waals surface area (Å²) in [4.78, 5) is 21.3. The van der Waals surface area contributed by atoms with Crippen LogP contribution in [0.3, 0.4) is 0 Å². The number of carbonyl (C=O) groups excluding carboxylic acids is 1. The summed E-state index contributed by atoms with van der Waals surface area (Å²) in [6, 6.07) is 1.78. The second-order valence-corrected chi connectivity index (χ2v) is 3.98. The highest BCUT2D eigenvalue weighted by Gasteiger charge is 2.27.